The number of hydrogen-bond acceptors (Lipinski definition) is 6. The van der Waals surface area contributed by atoms with Gasteiger partial charge in [-0.1, -0.05) is 36.4 Å². The first kappa shape index (κ1) is 17.7. The molecule has 0 fully saturated rings. The molecule has 0 aliphatic carbocycles. The maximum Gasteiger partial charge on any atom is 0.311 e. The van der Waals surface area contributed by atoms with E-state index in [2.05, 4.69) is 0 Å². The van der Waals surface area contributed by atoms with Crippen LogP contribution in [0.15, 0.2) is 48.5 Å². The highest BCUT2D eigenvalue weighted by molar-refractivity contribution is 5.80. The molecule has 0 aromatic heterocycles. The van der Waals surface area contributed by atoms with Gasteiger partial charge in [-0.05, 0) is 12.1 Å². The Morgan fingerprint density at radius 1 is 0.708 bits per heavy atom. The Bertz CT molecular complexity index is 654. The van der Waals surface area contributed by atoms with Gasteiger partial charge in [0.15, 0.2) is 0 Å². The van der Waals surface area contributed by atoms with Crippen molar-refractivity contribution in [1.29, 1.82) is 0 Å². The molecule has 0 unspecified atom stereocenters. The Morgan fingerprint density at radius 2 is 1.08 bits per heavy atom. The summed E-state index contributed by atoms with van der Waals surface area (Å²) in [5.41, 5.74) is 12.6. The molecule has 2 aromatic rings. The first-order chi connectivity index (χ1) is 11.6. The molecule has 2 aromatic carbocycles. The Balaban J connectivity index is 1.86. The normalized spacial score (nSPS) is 10.2. The van der Waals surface area contributed by atoms with Crippen LogP contribution in [0.1, 0.15) is 24.0 Å². The van der Waals surface area contributed by atoms with Gasteiger partial charge in [0.25, 0.3) is 0 Å². The lowest BCUT2D eigenvalue weighted by Crippen LogP contribution is -2.15. The van der Waals surface area contributed by atoms with Gasteiger partial charge in [0.2, 0.25) is 0 Å². The molecular formula is C18H20N2O4. The largest absolute Gasteiger partial charge is 0.426 e. The van der Waals surface area contributed by atoms with E-state index in [1.165, 1.54) is 0 Å². The lowest BCUT2D eigenvalue weighted by Gasteiger charge is -2.09. The van der Waals surface area contributed by atoms with Crippen molar-refractivity contribution in [3.05, 3.63) is 59.7 Å². The highest BCUT2D eigenvalue weighted by Gasteiger charge is 2.13. The smallest absolute Gasteiger partial charge is 0.311 e. The molecule has 0 aliphatic heterocycles. The minimum Gasteiger partial charge on any atom is -0.426 e. The van der Waals surface area contributed by atoms with Crippen molar-refractivity contribution >= 4 is 11.9 Å². The molecule has 2 rings (SSSR count). The fraction of sp³-hybridized carbons (Fsp3) is 0.222. The number of carbonyl (C=O) groups excluding carboxylic acids is 2. The number of ether oxygens (including phenoxy) is 2. The number of esters is 2. The van der Waals surface area contributed by atoms with E-state index < -0.39 is 11.9 Å². The van der Waals surface area contributed by atoms with Crippen LogP contribution in [0.25, 0.3) is 0 Å². The van der Waals surface area contributed by atoms with Gasteiger partial charge in [0.05, 0.1) is 12.8 Å². The van der Waals surface area contributed by atoms with E-state index in [-0.39, 0.29) is 25.9 Å². The van der Waals surface area contributed by atoms with Gasteiger partial charge in [-0.3, -0.25) is 9.59 Å². The zero-order valence-electron chi connectivity index (χ0n) is 13.2. The van der Waals surface area contributed by atoms with E-state index in [9.17, 15) is 9.59 Å². The van der Waals surface area contributed by atoms with Gasteiger partial charge < -0.3 is 20.9 Å². The molecule has 6 nitrogen and oxygen atoms in total. The highest BCUT2D eigenvalue weighted by Crippen LogP contribution is 2.19. The minimum absolute atomic E-state index is 0.0808. The van der Waals surface area contributed by atoms with Gasteiger partial charge in [-0.2, -0.15) is 0 Å². The number of para-hydroxylation sites is 2. The number of hydrogen-bond donors (Lipinski definition) is 2. The zero-order valence-corrected chi connectivity index (χ0v) is 13.2. The molecule has 0 atom stereocenters. The van der Waals surface area contributed by atoms with Gasteiger partial charge in [-0.25, -0.2) is 0 Å². The number of rotatable bonds is 7. The van der Waals surface area contributed by atoms with E-state index in [4.69, 9.17) is 20.9 Å². The van der Waals surface area contributed by atoms with Crippen LogP contribution in [0.2, 0.25) is 0 Å². The van der Waals surface area contributed by atoms with Crippen molar-refractivity contribution in [2.24, 2.45) is 11.5 Å². The molecule has 0 spiro atoms. The molecule has 0 amide bonds. The molecular weight excluding hydrogens is 308 g/mol. The van der Waals surface area contributed by atoms with Crippen LogP contribution in [0.3, 0.4) is 0 Å². The third-order valence-corrected chi connectivity index (χ3v) is 3.37. The van der Waals surface area contributed by atoms with Gasteiger partial charge in [-0.15, -0.1) is 0 Å². The molecule has 0 heterocycles. The lowest BCUT2D eigenvalue weighted by molar-refractivity contribution is -0.140. The summed E-state index contributed by atoms with van der Waals surface area (Å²) in [6.07, 6.45) is -0.162. The summed E-state index contributed by atoms with van der Waals surface area (Å²) in [5.74, 6) is -0.210. The summed E-state index contributed by atoms with van der Waals surface area (Å²) in [5, 5.41) is 0. The van der Waals surface area contributed by atoms with Crippen molar-refractivity contribution < 1.29 is 19.1 Å². The maximum atomic E-state index is 11.9. The monoisotopic (exact) mass is 328 g/mol. The molecule has 126 valence electrons. The standard InChI is InChI=1S/C18H20N2O4/c19-11-13-5-1-3-7-15(13)23-17(21)9-10-18(22)24-16-8-4-2-6-14(16)12-20/h1-8H,9-12,19-20H2. The molecule has 0 saturated carbocycles. The van der Waals surface area contributed by atoms with Gasteiger partial charge in [0.1, 0.15) is 11.5 Å². The molecule has 6 heteroatoms. The molecule has 4 N–H and O–H groups in total. The predicted molar refractivity (Wildman–Crippen MR) is 89.2 cm³/mol. The summed E-state index contributed by atoms with van der Waals surface area (Å²) in [4.78, 5) is 23.7. The van der Waals surface area contributed by atoms with Gasteiger partial charge >= 0.3 is 11.9 Å². The van der Waals surface area contributed by atoms with Crippen LogP contribution >= 0.6 is 0 Å². The molecule has 0 saturated heterocycles. The minimum atomic E-state index is -0.514. The van der Waals surface area contributed by atoms with E-state index in [0.717, 1.165) is 11.1 Å². The molecule has 0 radical (unpaired) electrons. The SMILES string of the molecule is NCc1ccccc1OC(=O)CCC(=O)Oc1ccccc1CN. The third-order valence-electron chi connectivity index (χ3n) is 3.37. The first-order valence-electron chi connectivity index (χ1n) is 7.61. The fourth-order valence-electron chi connectivity index (χ4n) is 2.10. The molecule has 24 heavy (non-hydrogen) atoms. The second kappa shape index (κ2) is 8.81. The third kappa shape index (κ3) is 4.91. The first-order valence-corrected chi connectivity index (χ1v) is 7.61. The van der Waals surface area contributed by atoms with Crippen LogP contribution < -0.4 is 20.9 Å². The topological polar surface area (TPSA) is 105 Å². The Hall–Kier alpha value is -2.70. The average molecular weight is 328 g/mol. The Kier molecular flexibility index (Phi) is 6.48. The maximum absolute atomic E-state index is 11.9. The van der Waals surface area contributed by atoms with E-state index in [1.54, 1.807) is 36.4 Å². The number of benzene rings is 2. The van der Waals surface area contributed by atoms with Crippen LogP contribution in [0, 0.1) is 0 Å². The van der Waals surface area contributed by atoms with Crippen LogP contribution in [-0.2, 0) is 22.7 Å². The summed E-state index contributed by atoms with van der Waals surface area (Å²) >= 11 is 0. The van der Waals surface area contributed by atoms with Crippen LogP contribution in [-0.4, -0.2) is 11.9 Å². The lowest BCUT2D eigenvalue weighted by atomic mass is 10.2. The summed E-state index contributed by atoms with van der Waals surface area (Å²) in [6.45, 7) is 0.530. The van der Waals surface area contributed by atoms with E-state index in [1.807, 2.05) is 12.1 Å². The average Bonchev–Trinajstić information content (AvgIpc) is 2.61. The Labute approximate surface area is 140 Å². The van der Waals surface area contributed by atoms with Crippen molar-refractivity contribution in [3.8, 4) is 11.5 Å². The number of carbonyl (C=O) groups is 2. The quantitative estimate of drug-likeness (QED) is 0.594. The summed E-state index contributed by atoms with van der Waals surface area (Å²) < 4.78 is 10.5. The van der Waals surface area contributed by atoms with Crippen LogP contribution in [0.5, 0.6) is 11.5 Å². The highest BCUT2D eigenvalue weighted by atomic mass is 16.5. The second-order valence-electron chi connectivity index (χ2n) is 5.07. The second-order valence-corrected chi connectivity index (χ2v) is 5.07. The molecule has 0 aliphatic rings. The number of nitrogens with two attached hydrogens (primary N) is 2. The fourth-order valence-corrected chi connectivity index (χ4v) is 2.10. The summed E-state index contributed by atoms with van der Waals surface area (Å²) in [7, 11) is 0. The van der Waals surface area contributed by atoms with Crippen molar-refractivity contribution in [3.63, 3.8) is 0 Å². The van der Waals surface area contributed by atoms with E-state index >= 15 is 0 Å². The predicted octanol–water partition coefficient (Wildman–Crippen LogP) is 1.90. The van der Waals surface area contributed by atoms with E-state index in [0.29, 0.717) is 11.5 Å². The van der Waals surface area contributed by atoms with Crippen LogP contribution in [0.4, 0.5) is 0 Å². The Morgan fingerprint density at radius 3 is 1.46 bits per heavy atom. The van der Waals surface area contributed by atoms with Crippen molar-refractivity contribution in [2.75, 3.05) is 0 Å². The van der Waals surface area contributed by atoms with Crippen molar-refractivity contribution in [2.45, 2.75) is 25.9 Å². The molecule has 0 bridgehead atoms. The summed E-state index contributed by atoms with van der Waals surface area (Å²) in [6, 6.07) is 14.0. The van der Waals surface area contributed by atoms with Gasteiger partial charge in [0, 0.05) is 24.2 Å². The zero-order chi connectivity index (χ0) is 17.4. The van der Waals surface area contributed by atoms with Crippen molar-refractivity contribution in [1.82, 2.24) is 0 Å².